The van der Waals surface area contributed by atoms with Crippen molar-refractivity contribution in [3.8, 4) is 0 Å². The third kappa shape index (κ3) is 2.39. The van der Waals surface area contributed by atoms with Crippen LogP contribution >= 0.6 is 0 Å². The Morgan fingerprint density at radius 1 is 1.41 bits per heavy atom. The summed E-state index contributed by atoms with van der Waals surface area (Å²) in [6.45, 7) is 6.72. The molecule has 1 atom stereocenters. The average Bonchev–Trinajstić information content (AvgIpc) is 3.01. The van der Waals surface area contributed by atoms with Gasteiger partial charge in [0, 0.05) is 34.8 Å². The smallest absolute Gasteiger partial charge is 0.458 e. The van der Waals surface area contributed by atoms with Crippen molar-refractivity contribution in [2.75, 3.05) is 6.61 Å². The van der Waals surface area contributed by atoms with Gasteiger partial charge in [0.2, 0.25) is 0 Å². The van der Waals surface area contributed by atoms with Gasteiger partial charge in [-0.05, 0) is 18.0 Å². The molecule has 1 aromatic carbocycles. The summed E-state index contributed by atoms with van der Waals surface area (Å²) in [5.41, 5.74) is 3.99. The molecule has 0 amide bonds. The quantitative estimate of drug-likeness (QED) is 0.409. The second-order valence-electron chi connectivity index (χ2n) is 6.83. The number of hydrogen-bond acceptors (Lipinski definition) is 5. The molecule has 140 valence electrons. The maximum absolute atomic E-state index is 12.2. The van der Waals surface area contributed by atoms with Crippen molar-refractivity contribution in [3.63, 3.8) is 0 Å². The fraction of sp³-hybridized carbons (Fsp3) is 0.238. The Morgan fingerprint density at radius 2 is 2.19 bits per heavy atom. The van der Waals surface area contributed by atoms with Crippen molar-refractivity contribution in [2.24, 2.45) is 0 Å². The van der Waals surface area contributed by atoms with Gasteiger partial charge in [-0.15, -0.1) is 23.6 Å². The Balaban J connectivity index is 0.00000180. The van der Waals surface area contributed by atoms with E-state index >= 15 is 0 Å². The number of para-hydroxylation sites is 1. The van der Waals surface area contributed by atoms with E-state index in [2.05, 4.69) is 17.5 Å². The molecule has 2 aromatic rings. The number of carbonyl (C=O) groups is 1. The number of rotatable bonds is 1. The molecule has 3 aliphatic heterocycles. The van der Waals surface area contributed by atoms with Gasteiger partial charge >= 0.3 is 28.3 Å². The Kier molecular flexibility index (Phi) is 4.16. The summed E-state index contributed by atoms with van der Waals surface area (Å²) in [5, 5.41) is 11.9. The molecular weight excluding hydrogens is 436 g/mol. The summed E-state index contributed by atoms with van der Waals surface area (Å²) in [6.07, 6.45) is 2.11. The van der Waals surface area contributed by atoms with E-state index in [1.165, 1.54) is 0 Å². The van der Waals surface area contributed by atoms with Crippen molar-refractivity contribution in [1.82, 2.24) is 9.88 Å². The average molecular weight is 453 g/mol. The van der Waals surface area contributed by atoms with Crippen LogP contribution in [-0.4, -0.2) is 33.2 Å². The van der Waals surface area contributed by atoms with Crippen molar-refractivity contribution in [3.05, 3.63) is 71.1 Å². The summed E-state index contributed by atoms with van der Waals surface area (Å²) >= 11 is 0. The van der Waals surface area contributed by atoms with Crippen LogP contribution in [0.3, 0.4) is 0 Å². The molecule has 0 saturated heterocycles. The Bertz CT molecular complexity index is 1070. The van der Waals surface area contributed by atoms with E-state index in [0.717, 1.165) is 39.1 Å². The maximum atomic E-state index is 12.2. The Labute approximate surface area is 172 Å². The number of aliphatic hydroxyl groups is 1. The molecule has 3 aliphatic rings. The second-order valence-corrected chi connectivity index (χ2v) is 6.83. The Hall–Kier alpha value is -2.18. The van der Waals surface area contributed by atoms with E-state index in [-0.39, 0.29) is 35.4 Å². The van der Waals surface area contributed by atoms with Gasteiger partial charge < -0.3 is 19.7 Å². The van der Waals surface area contributed by atoms with E-state index in [0.29, 0.717) is 12.1 Å². The van der Waals surface area contributed by atoms with Crippen molar-refractivity contribution in [1.29, 1.82) is 0 Å². The SMILES string of the molecule is C=C1C2=C(C=C3c4nc5ccccc5[c-]c4CN13)C(O)(CC)C(=O)OC2.[Ag+]. The number of hydrogen-bond donors (Lipinski definition) is 1. The van der Waals surface area contributed by atoms with Crippen LogP contribution in [0.2, 0.25) is 0 Å². The maximum Gasteiger partial charge on any atom is 1.00 e. The number of carbonyl (C=O) groups excluding carboxylic acids is 1. The fourth-order valence-corrected chi connectivity index (χ4v) is 3.95. The molecule has 1 aromatic heterocycles. The molecule has 0 radical (unpaired) electrons. The number of cyclic esters (lactones) is 1. The van der Waals surface area contributed by atoms with E-state index in [9.17, 15) is 9.90 Å². The fourth-order valence-electron chi connectivity index (χ4n) is 3.95. The van der Waals surface area contributed by atoms with Gasteiger partial charge in [0.25, 0.3) is 0 Å². The van der Waals surface area contributed by atoms with Gasteiger partial charge in [0.1, 0.15) is 6.61 Å². The number of ether oxygens (including phenoxy) is 1. The van der Waals surface area contributed by atoms with Gasteiger partial charge in [0.15, 0.2) is 5.60 Å². The minimum atomic E-state index is -1.64. The zero-order valence-electron chi connectivity index (χ0n) is 14.7. The zero-order chi connectivity index (χ0) is 18.1. The number of nitrogens with zero attached hydrogens (tertiary/aromatic N) is 2. The molecule has 1 N–H and O–H groups in total. The van der Waals surface area contributed by atoms with Gasteiger partial charge in [-0.1, -0.05) is 31.2 Å². The van der Waals surface area contributed by atoms with Crippen LogP contribution in [0.1, 0.15) is 24.6 Å². The number of pyridine rings is 1. The van der Waals surface area contributed by atoms with Crippen molar-refractivity contribution < 1.29 is 37.0 Å². The predicted octanol–water partition coefficient (Wildman–Crippen LogP) is 2.71. The van der Waals surface area contributed by atoms with Crippen molar-refractivity contribution in [2.45, 2.75) is 25.5 Å². The molecule has 27 heavy (non-hydrogen) atoms. The molecule has 0 fully saturated rings. The van der Waals surface area contributed by atoms with Gasteiger partial charge in [-0.2, -0.15) is 0 Å². The van der Waals surface area contributed by atoms with Crippen LogP contribution in [0.5, 0.6) is 0 Å². The van der Waals surface area contributed by atoms with E-state index in [1.54, 1.807) is 6.92 Å². The molecular formula is C21H17AgN2O3. The van der Waals surface area contributed by atoms with E-state index < -0.39 is 11.6 Å². The van der Waals surface area contributed by atoms with Gasteiger partial charge in [-0.25, -0.2) is 4.79 Å². The van der Waals surface area contributed by atoms with Crippen LogP contribution in [0.4, 0.5) is 0 Å². The minimum absolute atomic E-state index is 0. The van der Waals surface area contributed by atoms with Crippen LogP contribution in [0.15, 0.2) is 53.8 Å². The zero-order valence-corrected chi connectivity index (χ0v) is 16.2. The largest absolute Gasteiger partial charge is 1.00 e. The van der Waals surface area contributed by atoms with Gasteiger partial charge in [-0.3, -0.25) is 0 Å². The summed E-state index contributed by atoms with van der Waals surface area (Å²) < 4.78 is 5.23. The third-order valence-corrected chi connectivity index (χ3v) is 5.48. The first-order valence-electron chi connectivity index (χ1n) is 8.66. The molecule has 0 bridgehead atoms. The summed E-state index contributed by atoms with van der Waals surface area (Å²) in [4.78, 5) is 19.1. The Morgan fingerprint density at radius 3 is 2.96 bits per heavy atom. The van der Waals surface area contributed by atoms with Crippen LogP contribution in [0.25, 0.3) is 16.6 Å². The number of benzene rings is 1. The standard InChI is InChI=1S/C21H17N2O3.Ag/c1-3-21(25)16-9-18-19-14(8-13-6-4-5-7-17(13)22-19)10-23(18)12(2)15(16)11-26-20(21)24;/h4-7,9,25H,2-3,10-11H2,1H3;/q-1;+1. The first-order chi connectivity index (χ1) is 12.5. The normalized spacial score (nSPS) is 23.3. The van der Waals surface area contributed by atoms with Crippen LogP contribution in [-0.2, 0) is 38.5 Å². The summed E-state index contributed by atoms with van der Waals surface area (Å²) in [5.74, 6) is -0.604. The topological polar surface area (TPSA) is 62.7 Å². The molecule has 5 rings (SSSR count). The van der Waals surface area contributed by atoms with E-state index in [1.807, 2.05) is 30.3 Å². The number of fused-ring (bicyclic) bond motifs is 4. The van der Waals surface area contributed by atoms with Gasteiger partial charge in [0.05, 0.1) is 0 Å². The van der Waals surface area contributed by atoms with Crippen LogP contribution < -0.4 is 0 Å². The molecule has 6 heteroatoms. The second kappa shape index (κ2) is 6.18. The minimum Gasteiger partial charge on any atom is -0.458 e. The third-order valence-electron chi connectivity index (χ3n) is 5.48. The molecule has 1 unspecified atom stereocenters. The van der Waals surface area contributed by atoms with Crippen LogP contribution in [0, 0.1) is 6.07 Å². The molecule has 0 spiro atoms. The summed E-state index contributed by atoms with van der Waals surface area (Å²) in [6, 6.07) is 11.3. The first kappa shape index (κ1) is 18.2. The number of aromatic nitrogens is 1. The molecule has 4 heterocycles. The monoisotopic (exact) mass is 452 g/mol. The predicted molar refractivity (Wildman–Crippen MR) is 96.5 cm³/mol. The molecule has 5 nitrogen and oxygen atoms in total. The molecule has 0 saturated carbocycles. The summed E-state index contributed by atoms with van der Waals surface area (Å²) in [7, 11) is 0. The van der Waals surface area contributed by atoms with E-state index in [4.69, 9.17) is 9.72 Å². The van der Waals surface area contributed by atoms with Crippen molar-refractivity contribution >= 4 is 22.6 Å². The number of esters is 1. The molecule has 0 aliphatic carbocycles. The first-order valence-corrected chi connectivity index (χ1v) is 8.66.